The molecule has 0 radical (unpaired) electrons. The number of hydrogen-bond acceptors (Lipinski definition) is 1. The average Bonchev–Trinajstić information content (AvgIpc) is 2.48. The van der Waals surface area contributed by atoms with Crippen LogP contribution in [0.3, 0.4) is 0 Å². The molecular formula is C18H21Cl2N. The molecule has 1 unspecified atom stereocenters. The zero-order valence-corrected chi connectivity index (χ0v) is 14.0. The highest BCUT2D eigenvalue weighted by atomic mass is 35.5. The van der Waals surface area contributed by atoms with E-state index in [1.807, 2.05) is 18.2 Å². The van der Waals surface area contributed by atoms with Crippen molar-refractivity contribution < 1.29 is 0 Å². The lowest BCUT2D eigenvalue weighted by Crippen LogP contribution is -2.23. The van der Waals surface area contributed by atoms with Gasteiger partial charge in [-0.3, -0.25) is 0 Å². The quantitative estimate of drug-likeness (QED) is 0.746. The highest BCUT2D eigenvalue weighted by Crippen LogP contribution is 2.32. The minimum Gasteiger partial charge on any atom is -0.310 e. The summed E-state index contributed by atoms with van der Waals surface area (Å²) >= 11 is 12.7. The number of benzene rings is 2. The molecule has 0 aliphatic carbocycles. The van der Waals surface area contributed by atoms with Crippen molar-refractivity contribution >= 4 is 23.2 Å². The zero-order chi connectivity index (χ0) is 15.2. The molecule has 0 aliphatic heterocycles. The van der Waals surface area contributed by atoms with Gasteiger partial charge in [-0.15, -0.1) is 0 Å². The second-order valence-corrected chi connectivity index (χ2v) is 5.93. The third-order valence-electron chi connectivity index (χ3n) is 3.67. The van der Waals surface area contributed by atoms with Gasteiger partial charge in [0.05, 0.1) is 0 Å². The van der Waals surface area contributed by atoms with E-state index >= 15 is 0 Å². The van der Waals surface area contributed by atoms with Gasteiger partial charge in [0, 0.05) is 21.7 Å². The first-order chi connectivity index (χ1) is 10.2. The van der Waals surface area contributed by atoms with Crippen molar-refractivity contribution in [2.45, 2.75) is 32.7 Å². The predicted molar refractivity (Wildman–Crippen MR) is 92.4 cm³/mol. The zero-order valence-electron chi connectivity index (χ0n) is 12.5. The summed E-state index contributed by atoms with van der Waals surface area (Å²) in [6.07, 6.45) is 1.94. The molecule has 0 spiro atoms. The first-order valence-corrected chi connectivity index (χ1v) is 8.16. The summed E-state index contributed by atoms with van der Waals surface area (Å²) in [4.78, 5) is 0. The molecule has 0 aromatic heterocycles. The lowest BCUT2D eigenvalue weighted by molar-refractivity contribution is 0.550. The topological polar surface area (TPSA) is 12.0 Å². The van der Waals surface area contributed by atoms with Crippen LogP contribution in [0.5, 0.6) is 0 Å². The first-order valence-electron chi connectivity index (χ1n) is 7.40. The van der Waals surface area contributed by atoms with Crippen molar-refractivity contribution in [3.8, 4) is 0 Å². The van der Waals surface area contributed by atoms with Crippen molar-refractivity contribution in [2.75, 3.05) is 6.54 Å². The van der Waals surface area contributed by atoms with E-state index in [4.69, 9.17) is 23.2 Å². The van der Waals surface area contributed by atoms with Crippen LogP contribution in [0.25, 0.3) is 0 Å². The van der Waals surface area contributed by atoms with Gasteiger partial charge in [0.1, 0.15) is 0 Å². The van der Waals surface area contributed by atoms with Crippen LogP contribution in [0.15, 0.2) is 42.5 Å². The fourth-order valence-corrected chi connectivity index (χ4v) is 3.17. The second-order valence-electron chi connectivity index (χ2n) is 5.12. The van der Waals surface area contributed by atoms with E-state index in [1.54, 1.807) is 0 Å². The molecule has 112 valence electrons. The second kappa shape index (κ2) is 7.84. The van der Waals surface area contributed by atoms with Crippen LogP contribution >= 0.6 is 23.2 Å². The predicted octanol–water partition coefficient (Wildman–Crippen LogP) is 5.45. The first kappa shape index (κ1) is 16.4. The number of halogens is 2. The van der Waals surface area contributed by atoms with E-state index in [0.717, 1.165) is 35.0 Å². The Bertz CT molecular complexity index is 558. The fourth-order valence-electron chi connectivity index (χ4n) is 2.51. The van der Waals surface area contributed by atoms with Gasteiger partial charge in [0.2, 0.25) is 0 Å². The number of hydrogen-bond donors (Lipinski definition) is 1. The van der Waals surface area contributed by atoms with Crippen LogP contribution in [0.1, 0.15) is 36.6 Å². The molecule has 1 N–H and O–H groups in total. The molecule has 0 bridgehead atoms. The Morgan fingerprint density at radius 1 is 0.905 bits per heavy atom. The smallest absolute Gasteiger partial charge is 0.0468 e. The Labute approximate surface area is 137 Å². The molecule has 2 aromatic rings. The van der Waals surface area contributed by atoms with Crippen LogP contribution in [-0.2, 0) is 12.8 Å². The Balaban J connectivity index is 2.26. The standard InChI is InChI=1S/C18H21Cl2N/c1-3-13-8-10-14(11-9-13)12-17(21-4-2)18-15(19)6-5-7-16(18)20/h5-11,17,21H,3-4,12H2,1-2H3. The van der Waals surface area contributed by atoms with Crippen molar-refractivity contribution in [1.82, 2.24) is 5.32 Å². The molecule has 0 saturated heterocycles. The van der Waals surface area contributed by atoms with Crippen molar-refractivity contribution in [1.29, 1.82) is 0 Å². The lowest BCUT2D eigenvalue weighted by Gasteiger charge is -2.21. The highest BCUT2D eigenvalue weighted by molar-refractivity contribution is 6.36. The third kappa shape index (κ3) is 4.23. The highest BCUT2D eigenvalue weighted by Gasteiger charge is 2.17. The van der Waals surface area contributed by atoms with Gasteiger partial charge in [-0.05, 0) is 42.6 Å². The van der Waals surface area contributed by atoms with Gasteiger partial charge >= 0.3 is 0 Å². The van der Waals surface area contributed by atoms with Gasteiger partial charge in [-0.25, -0.2) is 0 Å². The van der Waals surface area contributed by atoms with E-state index in [9.17, 15) is 0 Å². The van der Waals surface area contributed by atoms with Crippen molar-refractivity contribution in [3.05, 3.63) is 69.2 Å². The average molecular weight is 322 g/mol. The molecular weight excluding hydrogens is 301 g/mol. The number of nitrogens with one attached hydrogen (secondary N) is 1. The molecule has 2 rings (SSSR count). The van der Waals surface area contributed by atoms with Crippen molar-refractivity contribution in [3.63, 3.8) is 0 Å². The summed E-state index contributed by atoms with van der Waals surface area (Å²) in [6, 6.07) is 14.6. The molecule has 0 saturated carbocycles. The normalized spacial score (nSPS) is 12.4. The number of likely N-dealkylation sites (N-methyl/N-ethyl adjacent to an activating group) is 1. The molecule has 0 heterocycles. The fraction of sp³-hybridized carbons (Fsp3) is 0.333. The summed E-state index contributed by atoms with van der Waals surface area (Å²) in [7, 11) is 0. The maximum Gasteiger partial charge on any atom is 0.0468 e. The van der Waals surface area contributed by atoms with Crippen LogP contribution in [0.2, 0.25) is 10.0 Å². The summed E-state index contributed by atoms with van der Waals surface area (Å²) in [5, 5.41) is 4.93. The molecule has 1 nitrogen and oxygen atoms in total. The molecule has 0 aliphatic rings. The van der Waals surface area contributed by atoms with Crippen LogP contribution in [-0.4, -0.2) is 6.54 Å². The SMILES string of the molecule is CCNC(Cc1ccc(CC)cc1)c1c(Cl)cccc1Cl. The molecule has 0 fully saturated rings. The summed E-state index contributed by atoms with van der Waals surface area (Å²) < 4.78 is 0. The van der Waals surface area contributed by atoms with E-state index < -0.39 is 0 Å². The van der Waals surface area contributed by atoms with Gasteiger partial charge < -0.3 is 5.32 Å². The summed E-state index contributed by atoms with van der Waals surface area (Å²) in [6.45, 7) is 5.14. The molecule has 21 heavy (non-hydrogen) atoms. The Morgan fingerprint density at radius 2 is 1.48 bits per heavy atom. The number of rotatable bonds is 6. The van der Waals surface area contributed by atoms with Crippen LogP contribution in [0, 0.1) is 0 Å². The van der Waals surface area contributed by atoms with Gasteiger partial charge in [-0.2, -0.15) is 0 Å². The Kier molecular flexibility index (Phi) is 6.10. The van der Waals surface area contributed by atoms with Gasteiger partial charge in [0.25, 0.3) is 0 Å². The maximum atomic E-state index is 6.35. The van der Waals surface area contributed by atoms with Crippen LogP contribution in [0.4, 0.5) is 0 Å². The van der Waals surface area contributed by atoms with E-state index in [0.29, 0.717) is 0 Å². The van der Waals surface area contributed by atoms with E-state index in [2.05, 4.69) is 43.4 Å². The number of aryl methyl sites for hydroxylation is 1. The van der Waals surface area contributed by atoms with E-state index in [1.165, 1.54) is 11.1 Å². The monoisotopic (exact) mass is 321 g/mol. The summed E-state index contributed by atoms with van der Waals surface area (Å²) in [5.74, 6) is 0. The minimum atomic E-state index is 0.128. The Morgan fingerprint density at radius 3 is 2.00 bits per heavy atom. The molecule has 3 heteroatoms. The maximum absolute atomic E-state index is 6.35. The van der Waals surface area contributed by atoms with Gasteiger partial charge in [0.15, 0.2) is 0 Å². The van der Waals surface area contributed by atoms with E-state index in [-0.39, 0.29) is 6.04 Å². The molecule has 1 atom stereocenters. The third-order valence-corrected chi connectivity index (χ3v) is 4.33. The van der Waals surface area contributed by atoms with Gasteiger partial charge in [-0.1, -0.05) is 67.4 Å². The lowest BCUT2D eigenvalue weighted by atomic mass is 9.97. The molecule has 0 amide bonds. The Hall–Kier alpha value is -1.02. The largest absolute Gasteiger partial charge is 0.310 e. The molecule has 2 aromatic carbocycles. The van der Waals surface area contributed by atoms with Crippen LogP contribution < -0.4 is 5.32 Å². The summed E-state index contributed by atoms with van der Waals surface area (Å²) in [5.41, 5.74) is 3.63. The minimum absolute atomic E-state index is 0.128. The van der Waals surface area contributed by atoms with Crippen molar-refractivity contribution in [2.24, 2.45) is 0 Å².